The molecule has 64 valence electrons. The third kappa shape index (κ3) is 2.42. The molecule has 1 aromatic rings. The molecule has 1 aromatic carbocycles. The molecule has 0 heterocycles. The van der Waals surface area contributed by atoms with Crippen LogP contribution in [0.5, 0.6) is 0 Å². The van der Waals surface area contributed by atoms with Gasteiger partial charge >= 0.3 is 0 Å². The summed E-state index contributed by atoms with van der Waals surface area (Å²) in [6.45, 7) is 3.98. The molecular weight excluding hydrogens is 148 g/mol. The van der Waals surface area contributed by atoms with Gasteiger partial charge < -0.3 is 4.74 Å². The van der Waals surface area contributed by atoms with Crippen LogP contribution >= 0.6 is 0 Å². The third-order valence-corrected chi connectivity index (χ3v) is 1.69. The highest BCUT2D eigenvalue weighted by Gasteiger charge is 2.01. The Balaban J connectivity index is 2.59. The van der Waals surface area contributed by atoms with Crippen LogP contribution in [-0.4, -0.2) is 0 Å². The highest BCUT2D eigenvalue weighted by atomic mass is 16.5. The minimum absolute atomic E-state index is 0.141. The summed E-state index contributed by atoms with van der Waals surface area (Å²) >= 11 is 0. The van der Waals surface area contributed by atoms with Crippen molar-refractivity contribution in [3.8, 4) is 0 Å². The van der Waals surface area contributed by atoms with Crippen LogP contribution in [0.4, 0.5) is 0 Å². The topological polar surface area (TPSA) is 9.23 Å². The summed E-state index contributed by atoms with van der Waals surface area (Å²) in [5, 5.41) is 0. The van der Waals surface area contributed by atoms with E-state index in [-0.39, 0.29) is 6.10 Å². The molecule has 0 aliphatic carbocycles. The second-order valence-electron chi connectivity index (χ2n) is 2.66. The average molecular weight is 162 g/mol. The average Bonchev–Trinajstić information content (AvgIpc) is 2.15. The number of benzene rings is 1. The van der Waals surface area contributed by atoms with E-state index in [1.54, 1.807) is 6.26 Å². The molecule has 1 heteroatoms. The van der Waals surface area contributed by atoms with Crippen molar-refractivity contribution in [3.63, 3.8) is 0 Å². The molecule has 1 atom stereocenters. The lowest BCUT2D eigenvalue weighted by atomic mass is 10.1. The fourth-order valence-electron chi connectivity index (χ4n) is 0.999. The Kier molecular flexibility index (Phi) is 3.39. The lowest BCUT2D eigenvalue weighted by molar-refractivity contribution is 0.164. The second kappa shape index (κ2) is 4.60. The molecule has 0 fully saturated rings. The Morgan fingerprint density at radius 1 is 1.25 bits per heavy atom. The van der Waals surface area contributed by atoms with Crippen molar-refractivity contribution in [2.45, 2.75) is 20.0 Å². The molecular formula is C11H14O. The maximum absolute atomic E-state index is 5.40. The van der Waals surface area contributed by atoms with Crippen LogP contribution < -0.4 is 0 Å². The summed E-state index contributed by atoms with van der Waals surface area (Å²) < 4.78 is 5.40. The van der Waals surface area contributed by atoms with Crippen molar-refractivity contribution in [1.82, 2.24) is 0 Å². The number of rotatable bonds is 3. The van der Waals surface area contributed by atoms with Crippen LogP contribution in [0.2, 0.25) is 0 Å². The number of allylic oxidation sites excluding steroid dienone is 1. The van der Waals surface area contributed by atoms with Gasteiger partial charge in [0.2, 0.25) is 0 Å². The molecule has 0 saturated carbocycles. The summed E-state index contributed by atoms with van der Waals surface area (Å²) in [6, 6.07) is 10.2. The highest BCUT2D eigenvalue weighted by molar-refractivity contribution is 5.16. The van der Waals surface area contributed by atoms with Crippen LogP contribution in [0, 0.1) is 0 Å². The number of ether oxygens (including phenoxy) is 1. The predicted molar refractivity (Wildman–Crippen MR) is 50.8 cm³/mol. The minimum atomic E-state index is 0.141. The molecule has 12 heavy (non-hydrogen) atoms. The Hall–Kier alpha value is -1.24. The van der Waals surface area contributed by atoms with Crippen molar-refractivity contribution in [2.24, 2.45) is 0 Å². The van der Waals surface area contributed by atoms with Crippen molar-refractivity contribution in [2.75, 3.05) is 0 Å². The lowest BCUT2D eigenvalue weighted by Crippen LogP contribution is -1.93. The van der Waals surface area contributed by atoms with Gasteiger partial charge in [0.25, 0.3) is 0 Å². The van der Waals surface area contributed by atoms with E-state index in [1.165, 1.54) is 5.56 Å². The highest BCUT2D eigenvalue weighted by Crippen LogP contribution is 2.15. The van der Waals surface area contributed by atoms with Gasteiger partial charge in [-0.2, -0.15) is 0 Å². The van der Waals surface area contributed by atoms with E-state index in [0.29, 0.717) is 0 Å². The molecule has 1 rings (SSSR count). The normalized spacial score (nSPS) is 13.2. The van der Waals surface area contributed by atoms with Gasteiger partial charge in [0.15, 0.2) is 0 Å². The first-order chi connectivity index (χ1) is 5.84. The van der Waals surface area contributed by atoms with Gasteiger partial charge in [0.05, 0.1) is 6.26 Å². The number of hydrogen-bond acceptors (Lipinski definition) is 1. The monoisotopic (exact) mass is 162 g/mol. The van der Waals surface area contributed by atoms with Crippen molar-refractivity contribution >= 4 is 0 Å². The molecule has 0 saturated heterocycles. The van der Waals surface area contributed by atoms with E-state index in [2.05, 4.69) is 12.1 Å². The van der Waals surface area contributed by atoms with Crippen molar-refractivity contribution in [1.29, 1.82) is 0 Å². The Morgan fingerprint density at radius 3 is 2.50 bits per heavy atom. The summed E-state index contributed by atoms with van der Waals surface area (Å²) in [5.41, 5.74) is 1.20. The molecule has 0 N–H and O–H groups in total. The molecule has 0 aliphatic heterocycles. The first-order valence-electron chi connectivity index (χ1n) is 4.16. The van der Waals surface area contributed by atoms with Crippen molar-refractivity contribution in [3.05, 3.63) is 48.2 Å². The minimum Gasteiger partial charge on any atom is -0.494 e. The summed E-state index contributed by atoms with van der Waals surface area (Å²) in [5.74, 6) is 0. The van der Waals surface area contributed by atoms with Crippen LogP contribution in [0.25, 0.3) is 0 Å². The molecule has 0 aromatic heterocycles. The van der Waals surface area contributed by atoms with Gasteiger partial charge in [-0.25, -0.2) is 0 Å². The van der Waals surface area contributed by atoms with E-state index in [9.17, 15) is 0 Å². The molecule has 0 aliphatic rings. The molecule has 0 bridgehead atoms. The van der Waals surface area contributed by atoms with Gasteiger partial charge in [-0.15, -0.1) is 0 Å². The van der Waals surface area contributed by atoms with Crippen LogP contribution in [0.1, 0.15) is 25.5 Å². The Labute approximate surface area is 73.7 Å². The fourth-order valence-corrected chi connectivity index (χ4v) is 0.999. The summed E-state index contributed by atoms with van der Waals surface area (Å²) in [4.78, 5) is 0. The van der Waals surface area contributed by atoms with E-state index in [4.69, 9.17) is 4.74 Å². The molecule has 0 spiro atoms. The van der Waals surface area contributed by atoms with Gasteiger partial charge in [0, 0.05) is 0 Å². The van der Waals surface area contributed by atoms with Crippen LogP contribution in [-0.2, 0) is 4.74 Å². The van der Waals surface area contributed by atoms with Gasteiger partial charge in [-0.3, -0.25) is 0 Å². The maximum Gasteiger partial charge on any atom is 0.120 e. The molecule has 0 amide bonds. The SMILES string of the molecule is C/C=C\O[C@H](C)c1ccccc1. The zero-order chi connectivity index (χ0) is 8.81. The largest absolute Gasteiger partial charge is 0.494 e. The van der Waals surface area contributed by atoms with Gasteiger partial charge in [-0.1, -0.05) is 36.4 Å². The van der Waals surface area contributed by atoms with Crippen LogP contribution in [0.15, 0.2) is 42.7 Å². The van der Waals surface area contributed by atoms with Gasteiger partial charge in [-0.05, 0) is 19.4 Å². The van der Waals surface area contributed by atoms with E-state index in [1.807, 2.05) is 38.1 Å². The zero-order valence-electron chi connectivity index (χ0n) is 7.53. The van der Waals surface area contributed by atoms with Crippen LogP contribution in [0.3, 0.4) is 0 Å². The maximum atomic E-state index is 5.40. The molecule has 0 unspecified atom stereocenters. The standard InChI is InChI=1S/C11H14O/c1-3-9-12-10(2)11-7-5-4-6-8-11/h3-10H,1-2H3/b9-3-/t10-/m1/s1. The predicted octanol–water partition coefficient (Wildman–Crippen LogP) is 3.30. The first-order valence-corrected chi connectivity index (χ1v) is 4.16. The lowest BCUT2D eigenvalue weighted by Gasteiger charge is -2.10. The third-order valence-electron chi connectivity index (χ3n) is 1.69. The fraction of sp³-hybridized carbons (Fsp3) is 0.273. The Bertz CT molecular complexity index is 238. The number of hydrogen-bond donors (Lipinski definition) is 0. The quantitative estimate of drug-likeness (QED) is 0.619. The van der Waals surface area contributed by atoms with Gasteiger partial charge in [0.1, 0.15) is 6.10 Å². The summed E-state index contributed by atoms with van der Waals surface area (Å²) in [6.07, 6.45) is 3.75. The van der Waals surface area contributed by atoms with E-state index in [0.717, 1.165) is 0 Å². The molecule has 1 nitrogen and oxygen atoms in total. The smallest absolute Gasteiger partial charge is 0.120 e. The van der Waals surface area contributed by atoms with Crippen molar-refractivity contribution < 1.29 is 4.74 Å². The van der Waals surface area contributed by atoms with E-state index < -0.39 is 0 Å². The Morgan fingerprint density at radius 2 is 1.92 bits per heavy atom. The van der Waals surface area contributed by atoms with E-state index >= 15 is 0 Å². The molecule has 0 radical (unpaired) electrons. The summed E-state index contributed by atoms with van der Waals surface area (Å²) in [7, 11) is 0. The zero-order valence-corrected chi connectivity index (χ0v) is 7.53. The second-order valence-corrected chi connectivity index (χ2v) is 2.66. The first kappa shape index (κ1) is 8.85.